The van der Waals surface area contributed by atoms with E-state index in [9.17, 15) is 9.59 Å². The smallest absolute Gasteiger partial charge is 0.308 e. The van der Waals surface area contributed by atoms with Crippen LogP contribution in [-0.2, 0) is 4.79 Å². The van der Waals surface area contributed by atoms with Gasteiger partial charge in [-0.2, -0.15) is 0 Å². The quantitative estimate of drug-likeness (QED) is 0.691. The van der Waals surface area contributed by atoms with Crippen LogP contribution >= 0.6 is 11.3 Å². The number of thiazole rings is 1. The van der Waals surface area contributed by atoms with E-state index in [-0.39, 0.29) is 5.91 Å². The van der Waals surface area contributed by atoms with Crippen LogP contribution in [0.4, 0.5) is 5.13 Å². The zero-order chi connectivity index (χ0) is 13.8. The standard InChI is InChI=1S/C13H12N2O3S/c1-8-10(4-3-5-11(8)18-9(2)16)12(17)15-13-14-6-7-19-13/h3-7H,1-2H3,(H,14,15,17). The third-order valence-corrected chi connectivity index (χ3v) is 3.12. The summed E-state index contributed by atoms with van der Waals surface area (Å²) in [5.41, 5.74) is 1.07. The lowest BCUT2D eigenvalue weighted by atomic mass is 10.1. The van der Waals surface area contributed by atoms with Gasteiger partial charge < -0.3 is 4.74 Å². The van der Waals surface area contributed by atoms with Gasteiger partial charge in [0.05, 0.1) is 0 Å². The van der Waals surface area contributed by atoms with E-state index in [1.807, 2.05) is 0 Å². The predicted octanol–water partition coefficient (Wildman–Crippen LogP) is 2.63. The molecule has 0 fully saturated rings. The third-order valence-electron chi connectivity index (χ3n) is 2.44. The highest BCUT2D eigenvalue weighted by molar-refractivity contribution is 7.13. The SMILES string of the molecule is CC(=O)Oc1cccc(C(=O)Nc2nccs2)c1C. The molecule has 5 nitrogen and oxygen atoms in total. The first-order chi connectivity index (χ1) is 9.08. The molecule has 0 aliphatic rings. The van der Waals surface area contributed by atoms with E-state index in [1.165, 1.54) is 18.3 Å². The maximum Gasteiger partial charge on any atom is 0.308 e. The molecule has 1 aromatic heterocycles. The van der Waals surface area contributed by atoms with Crippen molar-refractivity contribution < 1.29 is 14.3 Å². The Kier molecular flexibility index (Phi) is 3.91. The molecule has 0 atom stereocenters. The van der Waals surface area contributed by atoms with Gasteiger partial charge in [0.2, 0.25) is 0 Å². The number of ether oxygens (including phenoxy) is 1. The average Bonchev–Trinajstić information content (AvgIpc) is 2.84. The Morgan fingerprint density at radius 2 is 2.16 bits per heavy atom. The number of hydrogen-bond donors (Lipinski definition) is 1. The number of nitrogens with one attached hydrogen (secondary N) is 1. The fourth-order valence-corrected chi connectivity index (χ4v) is 2.10. The Morgan fingerprint density at radius 3 is 2.79 bits per heavy atom. The second-order valence-corrected chi connectivity index (χ2v) is 4.71. The van der Waals surface area contributed by atoms with E-state index in [4.69, 9.17) is 4.74 Å². The molecule has 1 aromatic carbocycles. The molecule has 1 amide bonds. The molecule has 0 aliphatic carbocycles. The highest BCUT2D eigenvalue weighted by Gasteiger charge is 2.14. The lowest BCUT2D eigenvalue weighted by Gasteiger charge is -2.09. The van der Waals surface area contributed by atoms with Crippen LogP contribution in [0.5, 0.6) is 5.75 Å². The summed E-state index contributed by atoms with van der Waals surface area (Å²) in [6.07, 6.45) is 1.61. The summed E-state index contributed by atoms with van der Waals surface area (Å²) in [4.78, 5) is 27.0. The van der Waals surface area contributed by atoms with Gasteiger partial charge in [-0.15, -0.1) is 11.3 Å². The van der Waals surface area contributed by atoms with Crippen molar-refractivity contribution in [3.05, 3.63) is 40.9 Å². The number of carbonyl (C=O) groups is 2. The van der Waals surface area contributed by atoms with Gasteiger partial charge in [-0.3, -0.25) is 14.9 Å². The van der Waals surface area contributed by atoms with E-state index in [0.717, 1.165) is 0 Å². The van der Waals surface area contributed by atoms with E-state index < -0.39 is 5.97 Å². The first kappa shape index (κ1) is 13.2. The van der Waals surface area contributed by atoms with Crippen molar-refractivity contribution in [2.24, 2.45) is 0 Å². The molecule has 0 radical (unpaired) electrons. The van der Waals surface area contributed by atoms with Gasteiger partial charge in [0.1, 0.15) is 5.75 Å². The van der Waals surface area contributed by atoms with Gasteiger partial charge in [-0.05, 0) is 19.1 Å². The third kappa shape index (κ3) is 3.17. The van der Waals surface area contributed by atoms with E-state index >= 15 is 0 Å². The molecule has 6 heteroatoms. The monoisotopic (exact) mass is 276 g/mol. The minimum absolute atomic E-state index is 0.276. The highest BCUT2D eigenvalue weighted by atomic mass is 32.1. The number of benzene rings is 1. The maximum atomic E-state index is 12.1. The summed E-state index contributed by atoms with van der Waals surface area (Å²) in [5, 5.41) is 4.99. The van der Waals surface area contributed by atoms with Crippen molar-refractivity contribution in [2.75, 3.05) is 5.32 Å². The molecule has 0 unspecified atom stereocenters. The first-order valence-corrected chi connectivity index (χ1v) is 6.45. The zero-order valence-electron chi connectivity index (χ0n) is 10.5. The molecule has 2 aromatic rings. The number of hydrogen-bond acceptors (Lipinski definition) is 5. The van der Waals surface area contributed by atoms with Crippen molar-refractivity contribution >= 4 is 28.3 Å². The van der Waals surface area contributed by atoms with Crippen LogP contribution in [0.3, 0.4) is 0 Å². The maximum absolute atomic E-state index is 12.1. The zero-order valence-corrected chi connectivity index (χ0v) is 11.3. The topological polar surface area (TPSA) is 68.3 Å². The number of aromatic nitrogens is 1. The van der Waals surface area contributed by atoms with Gasteiger partial charge in [0.25, 0.3) is 5.91 Å². The molecule has 0 bridgehead atoms. The summed E-state index contributed by atoms with van der Waals surface area (Å²) in [5.74, 6) is -0.304. The van der Waals surface area contributed by atoms with Crippen molar-refractivity contribution in [3.8, 4) is 5.75 Å². The van der Waals surface area contributed by atoms with E-state index in [0.29, 0.717) is 22.0 Å². The second kappa shape index (κ2) is 5.62. The molecule has 0 saturated heterocycles. The Morgan fingerprint density at radius 1 is 1.37 bits per heavy atom. The summed E-state index contributed by atoms with van der Waals surface area (Å²) in [6.45, 7) is 3.05. The second-order valence-electron chi connectivity index (χ2n) is 3.81. The van der Waals surface area contributed by atoms with Crippen molar-refractivity contribution in [1.82, 2.24) is 4.98 Å². The first-order valence-electron chi connectivity index (χ1n) is 5.57. The molecule has 1 N–H and O–H groups in total. The minimum atomic E-state index is -0.416. The molecule has 0 spiro atoms. The van der Waals surface area contributed by atoms with Crippen molar-refractivity contribution in [3.63, 3.8) is 0 Å². The minimum Gasteiger partial charge on any atom is -0.426 e. The van der Waals surface area contributed by atoms with Crippen molar-refractivity contribution in [2.45, 2.75) is 13.8 Å². The fourth-order valence-electron chi connectivity index (χ4n) is 1.58. The van der Waals surface area contributed by atoms with Crippen LogP contribution in [-0.4, -0.2) is 16.9 Å². The van der Waals surface area contributed by atoms with Crippen LogP contribution < -0.4 is 10.1 Å². The number of anilines is 1. The fraction of sp³-hybridized carbons (Fsp3) is 0.154. The van der Waals surface area contributed by atoms with Crippen LogP contribution in [0.15, 0.2) is 29.8 Å². The number of carbonyl (C=O) groups excluding carboxylic acids is 2. The number of rotatable bonds is 3. The molecule has 19 heavy (non-hydrogen) atoms. The van der Waals surface area contributed by atoms with Crippen LogP contribution in [0, 0.1) is 6.92 Å². The van der Waals surface area contributed by atoms with Gasteiger partial charge in [0, 0.05) is 29.6 Å². The van der Waals surface area contributed by atoms with Gasteiger partial charge in [-0.25, -0.2) is 4.98 Å². The summed E-state index contributed by atoms with van der Waals surface area (Å²) in [6, 6.07) is 4.99. The van der Waals surface area contributed by atoms with E-state index in [1.54, 1.807) is 36.7 Å². The summed E-state index contributed by atoms with van der Waals surface area (Å²) < 4.78 is 5.04. The lowest BCUT2D eigenvalue weighted by Crippen LogP contribution is -2.14. The Labute approximate surface area is 114 Å². The largest absolute Gasteiger partial charge is 0.426 e. The number of amides is 1. The number of nitrogens with zero attached hydrogens (tertiary/aromatic N) is 1. The average molecular weight is 276 g/mol. The molecule has 98 valence electrons. The van der Waals surface area contributed by atoms with Gasteiger partial charge in [0.15, 0.2) is 5.13 Å². The Balaban J connectivity index is 2.24. The van der Waals surface area contributed by atoms with Gasteiger partial charge >= 0.3 is 5.97 Å². The predicted molar refractivity (Wildman–Crippen MR) is 72.6 cm³/mol. The highest BCUT2D eigenvalue weighted by Crippen LogP contribution is 2.23. The molecule has 0 aliphatic heterocycles. The lowest BCUT2D eigenvalue weighted by molar-refractivity contribution is -0.131. The Hall–Kier alpha value is -2.21. The van der Waals surface area contributed by atoms with Crippen molar-refractivity contribution in [1.29, 1.82) is 0 Å². The normalized spacial score (nSPS) is 10.0. The molecular formula is C13H12N2O3S. The molecular weight excluding hydrogens is 264 g/mol. The van der Waals surface area contributed by atoms with Crippen LogP contribution in [0.2, 0.25) is 0 Å². The summed E-state index contributed by atoms with van der Waals surface area (Å²) in [7, 11) is 0. The van der Waals surface area contributed by atoms with Crippen LogP contribution in [0.25, 0.3) is 0 Å². The molecule has 1 heterocycles. The van der Waals surface area contributed by atoms with Gasteiger partial charge in [-0.1, -0.05) is 6.07 Å². The van der Waals surface area contributed by atoms with E-state index in [2.05, 4.69) is 10.3 Å². The Bertz CT molecular complexity index is 608. The molecule has 0 saturated carbocycles. The summed E-state index contributed by atoms with van der Waals surface area (Å²) >= 11 is 1.34. The van der Waals surface area contributed by atoms with Crippen LogP contribution in [0.1, 0.15) is 22.8 Å². The number of esters is 1. The molecule has 2 rings (SSSR count).